The Morgan fingerprint density at radius 2 is 2.27 bits per heavy atom. The molecule has 7 heteroatoms. The molecule has 0 bridgehead atoms. The van der Waals surface area contributed by atoms with Gasteiger partial charge in [0.15, 0.2) is 0 Å². The van der Waals surface area contributed by atoms with Crippen molar-refractivity contribution in [3.8, 4) is 5.75 Å². The van der Waals surface area contributed by atoms with Gasteiger partial charge in [-0.2, -0.15) is 10.2 Å². The zero-order valence-electron chi connectivity index (χ0n) is 12.5. The number of hydrogen-bond acceptors (Lipinski definition) is 5. The molecule has 2 N–H and O–H groups in total. The van der Waals surface area contributed by atoms with Crippen LogP contribution in [0.3, 0.4) is 0 Å². The van der Waals surface area contributed by atoms with Crippen molar-refractivity contribution in [2.24, 2.45) is 16.1 Å². The largest absolute Gasteiger partial charge is 0.496 e. The minimum absolute atomic E-state index is 0.164. The number of hydrogen-bond donors (Lipinski definition) is 2. The highest BCUT2D eigenvalue weighted by Gasteiger charge is 2.26. The molecule has 0 aliphatic carbocycles. The highest BCUT2D eigenvalue weighted by atomic mass is 16.5. The number of carbonyl (C=O) groups excluding carboxylic acids is 2. The lowest BCUT2D eigenvalue weighted by atomic mass is 9.99. The number of amides is 2. The first-order valence-electron chi connectivity index (χ1n) is 6.90. The van der Waals surface area contributed by atoms with Gasteiger partial charge in [-0.1, -0.05) is 12.1 Å². The Labute approximate surface area is 128 Å². The summed E-state index contributed by atoms with van der Waals surface area (Å²) >= 11 is 0. The second-order valence-electron chi connectivity index (χ2n) is 4.86. The number of methoxy groups -OCH3 is 1. The highest BCUT2D eigenvalue weighted by Crippen LogP contribution is 2.15. The van der Waals surface area contributed by atoms with Crippen LogP contribution in [0.4, 0.5) is 0 Å². The second kappa shape index (κ2) is 7.35. The number of nitrogens with zero attached hydrogens (tertiary/aromatic N) is 2. The smallest absolute Gasteiger partial charge is 0.248 e. The van der Waals surface area contributed by atoms with E-state index in [0.717, 1.165) is 5.56 Å². The first-order chi connectivity index (χ1) is 10.6. The van der Waals surface area contributed by atoms with Crippen molar-refractivity contribution in [1.29, 1.82) is 0 Å². The maximum absolute atomic E-state index is 11.7. The van der Waals surface area contributed by atoms with E-state index in [9.17, 15) is 9.59 Å². The van der Waals surface area contributed by atoms with E-state index in [-0.39, 0.29) is 24.2 Å². The number of benzene rings is 1. The Morgan fingerprint density at radius 1 is 1.50 bits per heavy atom. The monoisotopic (exact) mass is 302 g/mol. The van der Waals surface area contributed by atoms with Gasteiger partial charge in [0.2, 0.25) is 11.8 Å². The SMILES string of the molecule is COc1ccccc1/C=N\NC(=O)CC[C@@H]1C(=O)NN=C1C. The standard InChI is InChI=1S/C15H18N4O3/c1-10-12(15(21)19-17-10)7-8-14(20)18-16-9-11-5-3-4-6-13(11)22-2/h3-6,9,12H,7-8H2,1-2H3,(H,18,20)(H,19,21)/b16-9-/t12-/m0/s1. The van der Waals surface area contributed by atoms with Gasteiger partial charge in [0, 0.05) is 17.7 Å². The van der Waals surface area contributed by atoms with Gasteiger partial charge in [-0.3, -0.25) is 9.59 Å². The molecule has 2 amide bonds. The second-order valence-corrected chi connectivity index (χ2v) is 4.86. The molecular weight excluding hydrogens is 284 g/mol. The molecule has 0 fully saturated rings. The van der Waals surface area contributed by atoms with Gasteiger partial charge in [-0.25, -0.2) is 10.9 Å². The van der Waals surface area contributed by atoms with Crippen molar-refractivity contribution in [3.05, 3.63) is 29.8 Å². The zero-order chi connectivity index (χ0) is 15.9. The summed E-state index contributed by atoms with van der Waals surface area (Å²) < 4.78 is 5.18. The Hall–Kier alpha value is -2.70. The summed E-state index contributed by atoms with van der Waals surface area (Å²) in [5.41, 5.74) is 6.30. The van der Waals surface area contributed by atoms with Crippen LogP contribution in [-0.4, -0.2) is 30.9 Å². The molecule has 2 rings (SSSR count). The third-order valence-corrected chi connectivity index (χ3v) is 3.36. The van der Waals surface area contributed by atoms with Crippen LogP contribution in [0.25, 0.3) is 0 Å². The summed E-state index contributed by atoms with van der Waals surface area (Å²) in [5.74, 6) is -0.0691. The Morgan fingerprint density at radius 3 is 2.95 bits per heavy atom. The lowest BCUT2D eigenvalue weighted by Crippen LogP contribution is -2.25. The third-order valence-electron chi connectivity index (χ3n) is 3.36. The van der Waals surface area contributed by atoms with Gasteiger partial charge in [0.1, 0.15) is 5.75 Å². The Balaban J connectivity index is 1.81. The number of rotatable bonds is 6. The number of ether oxygens (including phenoxy) is 1. The van der Waals surface area contributed by atoms with Crippen molar-refractivity contribution in [2.45, 2.75) is 19.8 Å². The maximum atomic E-state index is 11.7. The molecule has 0 saturated carbocycles. The number of hydrazone groups is 2. The average Bonchev–Trinajstić information content (AvgIpc) is 2.84. The molecule has 1 aromatic rings. The summed E-state index contributed by atoms with van der Waals surface area (Å²) in [6.07, 6.45) is 2.14. The van der Waals surface area contributed by atoms with Gasteiger partial charge in [-0.15, -0.1) is 0 Å². The van der Waals surface area contributed by atoms with Crippen LogP contribution in [0.1, 0.15) is 25.3 Å². The molecule has 1 atom stereocenters. The predicted octanol–water partition coefficient (Wildman–Crippen LogP) is 1.05. The van der Waals surface area contributed by atoms with Gasteiger partial charge >= 0.3 is 0 Å². The van der Waals surface area contributed by atoms with E-state index < -0.39 is 0 Å². The lowest BCUT2D eigenvalue weighted by Gasteiger charge is -2.06. The lowest BCUT2D eigenvalue weighted by molar-refractivity contribution is -0.123. The fourth-order valence-corrected chi connectivity index (χ4v) is 2.11. The molecule has 7 nitrogen and oxygen atoms in total. The van der Waals surface area contributed by atoms with Crippen LogP contribution >= 0.6 is 0 Å². The number of nitrogens with one attached hydrogen (secondary N) is 2. The Bertz CT molecular complexity index is 625. The van der Waals surface area contributed by atoms with Gasteiger partial charge in [0.25, 0.3) is 0 Å². The van der Waals surface area contributed by atoms with E-state index in [1.807, 2.05) is 24.3 Å². The highest BCUT2D eigenvalue weighted by molar-refractivity contribution is 6.07. The normalized spacial score (nSPS) is 17.3. The molecule has 1 aliphatic rings. The van der Waals surface area contributed by atoms with E-state index in [0.29, 0.717) is 17.9 Å². The zero-order valence-corrected chi connectivity index (χ0v) is 12.5. The summed E-state index contributed by atoms with van der Waals surface area (Å²) in [4.78, 5) is 23.2. The molecular formula is C15H18N4O3. The topological polar surface area (TPSA) is 92.1 Å². The molecule has 1 heterocycles. The van der Waals surface area contributed by atoms with Crippen LogP contribution in [0.15, 0.2) is 34.5 Å². The van der Waals surface area contributed by atoms with Crippen molar-refractivity contribution in [1.82, 2.24) is 10.9 Å². The van der Waals surface area contributed by atoms with Crippen molar-refractivity contribution in [3.63, 3.8) is 0 Å². The summed E-state index contributed by atoms with van der Waals surface area (Å²) in [7, 11) is 1.57. The number of para-hydroxylation sites is 1. The van der Waals surface area contributed by atoms with Crippen molar-refractivity contribution < 1.29 is 14.3 Å². The molecule has 116 valence electrons. The molecule has 0 unspecified atom stereocenters. The fraction of sp³-hybridized carbons (Fsp3) is 0.333. The van der Waals surface area contributed by atoms with Crippen LogP contribution in [0.2, 0.25) is 0 Å². The predicted molar refractivity (Wildman–Crippen MR) is 82.7 cm³/mol. The van der Waals surface area contributed by atoms with Crippen LogP contribution in [0, 0.1) is 5.92 Å². The van der Waals surface area contributed by atoms with Crippen LogP contribution in [0.5, 0.6) is 5.75 Å². The first-order valence-corrected chi connectivity index (χ1v) is 6.90. The average molecular weight is 302 g/mol. The molecule has 1 aromatic carbocycles. The summed E-state index contributed by atoms with van der Waals surface area (Å²) in [5, 5.41) is 7.74. The fourth-order valence-electron chi connectivity index (χ4n) is 2.11. The molecule has 0 spiro atoms. The van der Waals surface area contributed by atoms with Crippen LogP contribution < -0.4 is 15.6 Å². The molecule has 0 saturated heterocycles. The molecule has 0 radical (unpaired) electrons. The van der Waals surface area contributed by atoms with E-state index >= 15 is 0 Å². The molecule has 0 aromatic heterocycles. The van der Waals surface area contributed by atoms with Gasteiger partial charge in [-0.05, 0) is 25.5 Å². The minimum Gasteiger partial charge on any atom is -0.496 e. The molecule has 1 aliphatic heterocycles. The van der Waals surface area contributed by atoms with E-state index in [2.05, 4.69) is 21.1 Å². The van der Waals surface area contributed by atoms with Crippen molar-refractivity contribution >= 4 is 23.7 Å². The third kappa shape index (κ3) is 3.91. The van der Waals surface area contributed by atoms with Gasteiger partial charge < -0.3 is 4.74 Å². The Kier molecular flexibility index (Phi) is 5.24. The summed E-state index contributed by atoms with van der Waals surface area (Å²) in [6.45, 7) is 1.76. The number of carbonyl (C=O) groups is 2. The summed E-state index contributed by atoms with van der Waals surface area (Å²) in [6, 6.07) is 7.35. The van der Waals surface area contributed by atoms with E-state index in [4.69, 9.17) is 4.74 Å². The van der Waals surface area contributed by atoms with Gasteiger partial charge in [0.05, 0.1) is 19.2 Å². The van der Waals surface area contributed by atoms with Crippen molar-refractivity contribution in [2.75, 3.05) is 7.11 Å². The minimum atomic E-state index is -0.330. The first kappa shape index (κ1) is 15.7. The van der Waals surface area contributed by atoms with E-state index in [1.165, 1.54) is 6.21 Å². The maximum Gasteiger partial charge on any atom is 0.248 e. The van der Waals surface area contributed by atoms with Crippen LogP contribution in [-0.2, 0) is 9.59 Å². The molecule has 22 heavy (non-hydrogen) atoms. The quantitative estimate of drug-likeness (QED) is 0.607. The van der Waals surface area contributed by atoms with E-state index in [1.54, 1.807) is 14.0 Å².